The molecule has 0 aromatic rings. The van der Waals surface area contributed by atoms with Crippen LogP contribution in [-0.4, -0.2) is 47.2 Å². The number of aliphatic carboxylic acids is 1. The van der Waals surface area contributed by atoms with Crippen molar-refractivity contribution in [1.29, 1.82) is 0 Å². The van der Waals surface area contributed by atoms with Gasteiger partial charge in [-0.2, -0.15) is 0 Å². The Balaban J connectivity index is 2.14. The van der Waals surface area contributed by atoms with Crippen LogP contribution >= 0.6 is 0 Å². The van der Waals surface area contributed by atoms with Crippen molar-refractivity contribution in [3.8, 4) is 0 Å². The van der Waals surface area contributed by atoms with E-state index in [0.29, 0.717) is 26.2 Å². The van der Waals surface area contributed by atoms with Gasteiger partial charge < -0.3 is 14.7 Å². The Morgan fingerprint density at radius 2 is 2.17 bits per heavy atom. The SMILES string of the molecule is CCCC(C)C(=O)N1CCC(C(=O)O)C12COC2. The van der Waals surface area contributed by atoms with Gasteiger partial charge in [-0.15, -0.1) is 0 Å². The van der Waals surface area contributed by atoms with Crippen LogP contribution in [0.1, 0.15) is 33.1 Å². The van der Waals surface area contributed by atoms with Gasteiger partial charge in [0.1, 0.15) is 5.54 Å². The normalized spacial score (nSPS) is 27.0. The quantitative estimate of drug-likeness (QED) is 0.817. The molecule has 1 amide bonds. The lowest BCUT2D eigenvalue weighted by Gasteiger charge is -2.48. The number of carbonyl (C=O) groups is 2. The minimum atomic E-state index is -0.809. The first-order valence-corrected chi connectivity index (χ1v) is 6.65. The molecule has 2 aliphatic rings. The molecular formula is C13H21NO4. The predicted molar refractivity (Wildman–Crippen MR) is 65.1 cm³/mol. The minimum Gasteiger partial charge on any atom is -0.481 e. The standard InChI is InChI=1S/C13H21NO4/c1-3-4-9(2)11(15)14-6-5-10(12(16)17)13(14)7-18-8-13/h9-10H,3-8H2,1-2H3,(H,16,17). The van der Waals surface area contributed by atoms with Crippen LogP contribution in [0.5, 0.6) is 0 Å². The molecule has 0 aromatic heterocycles. The number of likely N-dealkylation sites (tertiary alicyclic amines) is 1. The summed E-state index contributed by atoms with van der Waals surface area (Å²) in [7, 11) is 0. The number of nitrogens with zero attached hydrogens (tertiary/aromatic N) is 1. The van der Waals surface area contributed by atoms with Crippen LogP contribution in [0.15, 0.2) is 0 Å². The van der Waals surface area contributed by atoms with Crippen LogP contribution in [0, 0.1) is 11.8 Å². The number of amides is 1. The molecule has 2 aliphatic heterocycles. The van der Waals surface area contributed by atoms with Gasteiger partial charge in [-0.05, 0) is 12.8 Å². The molecule has 2 saturated heterocycles. The lowest BCUT2D eigenvalue weighted by atomic mass is 9.82. The summed E-state index contributed by atoms with van der Waals surface area (Å²) in [5, 5.41) is 9.26. The van der Waals surface area contributed by atoms with Gasteiger partial charge in [-0.1, -0.05) is 20.3 Å². The molecule has 0 saturated carbocycles. The zero-order chi connectivity index (χ0) is 13.3. The fourth-order valence-electron chi connectivity index (χ4n) is 3.11. The van der Waals surface area contributed by atoms with E-state index in [4.69, 9.17) is 4.74 Å². The highest BCUT2D eigenvalue weighted by Crippen LogP contribution is 2.41. The molecule has 0 aliphatic carbocycles. The Bertz CT molecular complexity index is 351. The minimum absolute atomic E-state index is 0.0278. The summed E-state index contributed by atoms with van der Waals surface area (Å²) in [4.78, 5) is 25.4. The van der Waals surface area contributed by atoms with Crippen LogP contribution < -0.4 is 0 Å². The van der Waals surface area contributed by atoms with Crippen molar-refractivity contribution in [2.45, 2.75) is 38.6 Å². The summed E-state index contributed by atoms with van der Waals surface area (Å²) in [5.41, 5.74) is -0.565. The van der Waals surface area contributed by atoms with Gasteiger partial charge in [0, 0.05) is 12.5 Å². The maximum atomic E-state index is 12.4. The molecule has 2 heterocycles. The molecule has 2 unspecified atom stereocenters. The van der Waals surface area contributed by atoms with Crippen LogP contribution in [0.2, 0.25) is 0 Å². The molecule has 0 radical (unpaired) electrons. The molecule has 1 N–H and O–H groups in total. The van der Waals surface area contributed by atoms with Crippen LogP contribution in [0.3, 0.4) is 0 Å². The van der Waals surface area contributed by atoms with Crippen molar-refractivity contribution in [3.63, 3.8) is 0 Å². The second-order valence-electron chi connectivity index (χ2n) is 5.46. The summed E-state index contributed by atoms with van der Waals surface area (Å²) in [6, 6.07) is 0. The zero-order valence-electron chi connectivity index (χ0n) is 11.0. The highest BCUT2D eigenvalue weighted by Gasteiger charge is 2.58. The fraction of sp³-hybridized carbons (Fsp3) is 0.846. The summed E-state index contributed by atoms with van der Waals surface area (Å²) >= 11 is 0. The van der Waals surface area contributed by atoms with E-state index in [9.17, 15) is 14.7 Å². The molecule has 5 heteroatoms. The molecule has 102 valence electrons. The Morgan fingerprint density at radius 3 is 2.61 bits per heavy atom. The van der Waals surface area contributed by atoms with E-state index in [-0.39, 0.29) is 11.8 Å². The Morgan fingerprint density at radius 1 is 1.50 bits per heavy atom. The second-order valence-corrected chi connectivity index (χ2v) is 5.46. The van der Waals surface area contributed by atoms with E-state index in [0.717, 1.165) is 12.8 Å². The summed E-state index contributed by atoms with van der Waals surface area (Å²) in [6.07, 6.45) is 2.36. The zero-order valence-corrected chi connectivity index (χ0v) is 11.0. The van der Waals surface area contributed by atoms with E-state index in [2.05, 4.69) is 6.92 Å². The number of hydrogen-bond donors (Lipinski definition) is 1. The van der Waals surface area contributed by atoms with Crippen molar-refractivity contribution >= 4 is 11.9 Å². The molecule has 2 atom stereocenters. The monoisotopic (exact) mass is 255 g/mol. The van der Waals surface area contributed by atoms with Gasteiger partial charge in [-0.3, -0.25) is 9.59 Å². The number of carboxylic acid groups (broad SMARTS) is 1. The van der Waals surface area contributed by atoms with Gasteiger partial charge >= 0.3 is 5.97 Å². The highest BCUT2D eigenvalue weighted by atomic mass is 16.5. The molecule has 5 nitrogen and oxygen atoms in total. The van der Waals surface area contributed by atoms with Crippen LogP contribution in [0.4, 0.5) is 0 Å². The average molecular weight is 255 g/mol. The fourth-order valence-corrected chi connectivity index (χ4v) is 3.11. The summed E-state index contributed by atoms with van der Waals surface area (Å²) in [5.74, 6) is -1.22. The average Bonchev–Trinajstić information content (AvgIpc) is 2.67. The largest absolute Gasteiger partial charge is 0.481 e. The van der Waals surface area contributed by atoms with E-state index >= 15 is 0 Å². The number of carbonyl (C=O) groups excluding carboxylic acids is 1. The molecule has 1 spiro atoms. The van der Waals surface area contributed by atoms with Crippen molar-refractivity contribution in [3.05, 3.63) is 0 Å². The van der Waals surface area contributed by atoms with E-state index in [1.165, 1.54) is 0 Å². The van der Waals surface area contributed by atoms with E-state index < -0.39 is 17.4 Å². The molecule has 18 heavy (non-hydrogen) atoms. The highest BCUT2D eigenvalue weighted by molar-refractivity contribution is 5.82. The molecule has 0 aromatic carbocycles. The number of carboxylic acids is 1. The van der Waals surface area contributed by atoms with Crippen LogP contribution in [0.25, 0.3) is 0 Å². The molecule has 2 fully saturated rings. The first-order valence-electron chi connectivity index (χ1n) is 6.65. The predicted octanol–water partition coefficient (Wildman–Crippen LogP) is 1.12. The van der Waals surface area contributed by atoms with E-state index in [1.807, 2.05) is 6.92 Å². The van der Waals surface area contributed by atoms with Gasteiger partial charge in [0.15, 0.2) is 0 Å². The third-order valence-electron chi connectivity index (χ3n) is 4.24. The third kappa shape index (κ3) is 1.90. The Labute approximate surface area is 107 Å². The number of rotatable bonds is 4. The lowest BCUT2D eigenvalue weighted by molar-refractivity contribution is -0.179. The van der Waals surface area contributed by atoms with Crippen molar-refractivity contribution < 1.29 is 19.4 Å². The molecule has 2 rings (SSSR count). The first kappa shape index (κ1) is 13.3. The lowest BCUT2D eigenvalue weighted by Crippen LogP contribution is -2.65. The number of ether oxygens (including phenoxy) is 1. The Kier molecular flexibility index (Phi) is 3.61. The molecular weight excluding hydrogens is 234 g/mol. The summed E-state index contributed by atoms with van der Waals surface area (Å²) < 4.78 is 5.20. The smallest absolute Gasteiger partial charge is 0.309 e. The van der Waals surface area contributed by atoms with Gasteiger partial charge in [0.2, 0.25) is 5.91 Å². The summed E-state index contributed by atoms with van der Waals surface area (Å²) in [6.45, 7) is 5.26. The van der Waals surface area contributed by atoms with Crippen molar-refractivity contribution in [1.82, 2.24) is 4.90 Å². The third-order valence-corrected chi connectivity index (χ3v) is 4.24. The maximum Gasteiger partial charge on any atom is 0.309 e. The van der Waals surface area contributed by atoms with Gasteiger partial charge in [-0.25, -0.2) is 0 Å². The van der Waals surface area contributed by atoms with Crippen LogP contribution in [-0.2, 0) is 14.3 Å². The van der Waals surface area contributed by atoms with E-state index in [1.54, 1.807) is 4.90 Å². The topological polar surface area (TPSA) is 66.8 Å². The number of hydrogen-bond acceptors (Lipinski definition) is 3. The van der Waals surface area contributed by atoms with Crippen molar-refractivity contribution in [2.24, 2.45) is 11.8 Å². The second kappa shape index (κ2) is 4.88. The maximum absolute atomic E-state index is 12.4. The first-order chi connectivity index (χ1) is 8.53. The Hall–Kier alpha value is -1.10. The van der Waals surface area contributed by atoms with Crippen molar-refractivity contribution in [2.75, 3.05) is 19.8 Å². The van der Waals surface area contributed by atoms with Gasteiger partial charge in [0.25, 0.3) is 0 Å². The molecule has 0 bridgehead atoms. The van der Waals surface area contributed by atoms with Gasteiger partial charge in [0.05, 0.1) is 19.1 Å².